The lowest BCUT2D eigenvalue weighted by Crippen LogP contribution is -2.47. The first-order valence-electron chi connectivity index (χ1n) is 5.50. The Bertz CT molecular complexity index is 352. The van der Waals surface area contributed by atoms with Crippen LogP contribution in [0.5, 0.6) is 0 Å². The Morgan fingerprint density at radius 1 is 1.47 bits per heavy atom. The van der Waals surface area contributed by atoms with Crippen molar-refractivity contribution in [2.75, 3.05) is 25.0 Å². The van der Waals surface area contributed by atoms with E-state index < -0.39 is 16.3 Å². The van der Waals surface area contributed by atoms with Gasteiger partial charge in [0.05, 0.1) is 6.61 Å². The second-order valence-corrected chi connectivity index (χ2v) is 6.14. The Morgan fingerprint density at radius 3 is 2.53 bits per heavy atom. The number of hydrogen-bond acceptors (Lipinski definition) is 4. The number of alkyl halides is 1. The Balaban J connectivity index is 2.51. The van der Waals surface area contributed by atoms with Crippen LogP contribution in [0.1, 0.15) is 19.8 Å². The second kappa shape index (κ2) is 6.55. The minimum Gasteiger partial charge on any atom is -0.449 e. The fraction of sp³-hybridized carbons (Fsp3) is 0.889. The molecule has 6 nitrogen and oxygen atoms in total. The molecule has 0 aromatic carbocycles. The normalized spacial score (nSPS) is 18.9. The van der Waals surface area contributed by atoms with Gasteiger partial charge in [0.2, 0.25) is 0 Å². The predicted molar refractivity (Wildman–Crippen MR) is 67.2 cm³/mol. The number of ether oxygens (including phenoxy) is 1. The van der Waals surface area contributed by atoms with Crippen molar-refractivity contribution in [3.63, 3.8) is 0 Å². The summed E-state index contributed by atoms with van der Waals surface area (Å²) in [5, 5.41) is 0.881. The number of amides is 1. The molecule has 0 spiro atoms. The van der Waals surface area contributed by atoms with Gasteiger partial charge < -0.3 is 4.74 Å². The van der Waals surface area contributed by atoms with E-state index in [4.69, 9.17) is 0 Å². The molecule has 17 heavy (non-hydrogen) atoms. The van der Waals surface area contributed by atoms with Gasteiger partial charge >= 0.3 is 16.3 Å². The van der Waals surface area contributed by atoms with Gasteiger partial charge in [0, 0.05) is 18.4 Å². The van der Waals surface area contributed by atoms with E-state index in [1.165, 1.54) is 4.31 Å². The molecule has 0 atom stereocenters. The van der Waals surface area contributed by atoms with Crippen LogP contribution in [-0.2, 0) is 14.9 Å². The summed E-state index contributed by atoms with van der Waals surface area (Å²) < 4.78 is 31.2. The molecule has 1 aliphatic heterocycles. The van der Waals surface area contributed by atoms with Gasteiger partial charge in [0.15, 0.2) is 0 Å². The maximum absolute atomic E-state index is 11.8. The van der Waals surface area contributed by atoms with Gasteiger partial charge in [-0.1, -0.05) is 15.9 Å². The summed E-state index contributed by atoms with van der Waals surface area (Å²) >= 11 is 3.38. The number of nitrogens with one attached hydrogen (secondary N) is 1. The van der Waals surface area contributed by atoms with E-state index in [2.05, 4.69) is 20.7 Å². The summed E-state index contributed by atoms with van der Waals surface area (Å²) in [6.07, 6.45) is 0.680. The topological polar surface area (TPSA) is 75.7 Å². The van der Waals surface area contributed by atoms with Crippen molar-refractivity contribution < 1.29 is 17.9 Å². The highest BCUT2D eigenvalue weighted by molar-refractivity contribution is 9.09. The molecule has 1 N–H and O–H groups in total. The first-order chi connectivity index (χ1) is 7.99. The van der Waals surface area contributed by atoms with Gasteiger partial charge in [0.25, 0.3) is 0 Å². The molecule has 0 saturated carbocycles. The van der Waals surface area contributed by atoms with E-state index in [1.54, 1.807) is 6.92 Å². The van der Waals surface area contributed by atoms with Gasteiger partial charge in [-0.05, 0) is 25.7 Å². The molecule has 1 heterocycles. The summed E-state index contributed by atoms with van der Waals surface area (Å²) in [7, 11) is -3.74. The first kappa shape index (κ1) is 14.7. The zero-order valence-electron chi connectivity index (χ0n) is 9.69. The zero-order valence-corrected chi connectivity index (χ0v) is 12.1. The lowest BCUT2D eigenvalue weighted by molar-refractivity contribution is 0.157. The smallest absolute Gasteiger partial charge is 0.421 e. The SMILES string of the molecule is CCOC(=O)NS(=O)(=O)N1CCC(CBr)CC1. The monoisotopic (exact) mass is 328 g/mol. The van der Waals surface area contributed by atoms with E-state index >= 15 is 0 Å². The van der Waals surface area contributed by atoms with Gasteiger partial charge in [-0.3, -0.25) is 0 Å². The minimum absolute atomic E-state index is 0.146. The van der Waals surface area contributed by atoms with Crippen molar-refractivity contribution in [3.05, 3.63) is 0 Å². The number of carbonyl (C=O) groups excluding carboxylic acids is 1. The number of hydrogen-bond donors (Lipinski definition) is 1. The van der Waals surface area contributed by atoms with Crippen molar-refractivity contribution in [2.24, 2.45) is 5.92 Å². The van der Waals surface area contributed by atoms with Crippen LogP contribution in [0.2, 0.25) is 0 Å². The third kappa shape index (κ3) is 4.44. The molecule has 0 aliphatic carbocycles. The number of piperidine rings is 1. The molecule has 0 radical (unpaired) electrons. The summed E-state index contributed by atoms with van der Waals surface area (Å²) in [6, 6.07) is 0. The third-order valence-electron chi connectivity index (χ3n) is 2.62. The lowest BCUT2D eigenvalue weighted by atomic mass is 10.0. The molecule has 1 amide bonds. The van der Waals surface area contributed by atoms with Gasteiger partial charge in [0.1, 0.15) is 0 Å². The summed E-state index contributed by atoms with van der Waals surface area (Å²) in [5.41, 5.74) is 0. The van der Waals surface area contributed by atoms with Crippen LogP contribution in [-0.4, -0.2) is 43.8 Å². The van der Waals surface area contributed by atoms with E-state index in [0.29, 0.717) is 19.0 Å². The number of rotatable bonds is 4. The van der Waals surface area contributed by atoms with E-state index in [9.17, 15) is 13.2 Å². The van der Waals surface area contributed by atoms with Crippen LogP contribution in [0.4, 0.5) is 4.79 Å². The average molecular weight is 329 g/mol. The van der Waals surface area contributed by atoms with Gasteiger partial charge in [-0.25, -0.2) is 9.52 Å². The second-order valence-electron chi connectivity index (χ2n) is 3.82. The Hall–Kier alpha value is -0.340. The summed E-state index contributed by atoms with van der Waals surface area (Å²) in [5.74, 6) is 0.504. The standard InChI is InChI=1S/C9H17BrN2O4S/c1-2-16-9(13)11-17(14,15)12-5-3-8(7-10)4-6-12/h8H,2-7H2,1H3,(H,11,13). The Labute approximate surface area is 110 Å². The van der Waals surface area contributed by atoms with Crippen LogP contribution >= 0.6 is 15.9 Å². The van der Waals surface area contributed by atoms with Crippen LogP contribution in [0, 0.1) is 5.92 Å². The molecule has 1 rings (SSSR count). The molecule has 1 fully saturated rings. The van der Waals surface area contributed by atoms with Crippen LogP contribution in [0.3, 0.4) is 0 Å². The summed E-state index contributed by atoms with van der Waals surface area (Å²) in [6.45, 7) is 2.64. The van der Waals surface area contributed by atoms with Crippen molar-refractivity contribution in [2.45, 2.75) is 19.8 Å². The highest BCUT2D eigenvalue weighted by atomic mass is 79.9. The molecule has 0 aromatic heterocycles. The first-order valence-corrected chi connectivity index (χ1v) is 8.06. The maximum Gasteiger partial charge on any atom is 0.421 e. The van der Waals surface area contributed by atoms with E-state index in [-0.39, 0.29) is 6.61 Å². The highest BCUT2D eigenvalue weighted by Crippen LogP contribution is 2.20. The minimum atomic E-state index is -3.74. The molecule has 0 aromatic rings. The molecule has 1 aliphatic rings. The Morgan fingerprint density at radius 2 is 2.06 bits per heavy atom. The summed E-state index contributed by atoms with van der Waals surface area (Å²) in [4.78, 5) is 11.1. The molecule has 8 heteroatoms. The van der Waals surface area contributed by atoms with Crippen molar-refractivity contribution in [3.8, 4) is 0 Å². The maximum atomic E-state index is 11.8. The number of nitrogens with zero attached hydrogens (tertiary/aromatic N) is 1. The number of carbonyl (C=O) groups is 1. The molecule has 0 unspecified atom stereocenters. The van der Waals surface area contributed by atoms with Crippen molar-refractivity contribution in [1.82, 2.24) is 9.03 Å². The van der Waals surface area contributed by atoms with Gasteiger partial charge in [-0.15, -0.1) is 0 Å². The quantitative estimate of drug-likeness (QED) is 0.783. The third-order valence-corrected chi connectivity index (χ3v) is 5.00. The highest BCUT2D eigenvalue weighted by Gasteiger charge is 2.29. The van der Waals surface area contributed by atoms with Crippen LogP contribution in [0.25, 0.3) is 0 Å². The molecule has 100 valence electrons. The largest absolute Gasteiger partial charge is 0.449 e. The molecule has 0 bridgehead atoms. The van der Waals surface area contributed by atoms with Crippen LogP contribution < -0.4 is 4.72 Å². The fourth-order valence-electron chi connectivity index (χ4n) is 1.63. The fourth-order valence-corrected chi connectivity index (χ4v) is 3.37. The van der Waals surface area contributed by atoms with Crippen LogP contribution in [0.15, 0.2) is 0 Å². The molecular weight excluding hydrogens is 312 g/mol. The van der Waals surface area contributed by atoms with E-state index in [1.807, 2.05) is 4.72 Å². The lowest BCUT2D eigenvalue weighted by Gasteiger charge is -2.29. The van der Waals surface area contributed by atoms with Crippen molar-refractivity contribution in [1.29, 1.82) is 0 Å². The Kier molecular flexibility index (Phi) is 5.68. The average Bonchev–Trinajstić information content (AvgIpc) is 2.28. The zero-order chi connectivity index (χ0) is 12.9. The molecular formula is C9H17BrN2O4S. The van der Waals surface area contributed by atoms with E-state index in [0.717, 1.165) is 18.2 Å². The predicted octanol–water partition coefficient (Wildman–Crippen LogP) is 1.08. The van der Waals surface area contributed by atoms with Gasteiger partial charge in [-0.2, -0.15) is 12.7 Å². The van der Waals surface area contributed by atoms with Crippen molar-refractivity contribution >= 4 is 32.2 Å². The molecule has 1 saturated heterocycles. The number of halogens is 1.